The summed E-state index contributed by atoms with van der Waals surface area (Å²) in [5.74, 6) is -2.11. The number of nitrogens with one attached hydrogen (secondary N) is 2. The average Bonchev–Trinajstić information content (AvgIpc) is 3.44. The van der Waals surface area contributed by atoms with E-state index >= 15 is 0 Å². The fraction of sp³-hybridized carbons (Fsp3) is 0.207. The summed E-state index contributed by atoms with van der Waals surface area (Å²) in [6.45, 7) is 2.32. The monoisotopic (exact) mass is 608 g/mol. The highest BCUT2D eigenvalue weighted by atomic mass is 32.2. The molecule has 1 fully saturated rings. The first kappa shape index (κ1) is 29.5. The molecule has 1 aliphatic rings. The van der Waals surface area contributed by atoms with Crippen LogP contribution in [0.2, 0.25) is 0 Å². The van der Waals surface area contributed by atoms with E-state index < -0.39 is 26.6 Å². The maximum Gasteiger partial charge on any atom is 0.264 e. The molecule has 1 amide bonds. The predicted molar refractivity (Wildman–Crippen MR) is 155 cm³/mol. The number of allylic oxidation sites excluding steroid dienone is 1. The molecule has 2 aromatic carbocycles. The maximum atomic E-state index is 14.3. The summed E-state index contributed by atoms with van der Waals surface area (Å²) in [7, 11) is -3.15. The van der Waals surface area contributed by atoms with Crippen molar-refractivity contribution in [2.45, 2.75) is 24.3 Å². The Morgan fingerprint density at radius 3 is 2.60 bits per heavy atom. The van der Waals surface area contributed by atoms with Crippen molar-refractivity contribution >= 4 is 44.1 Å². The van der Waals surface area contributed by atoms with Gasteiger partial charge >= 0.3 is 0 Å². The number of rotatable bonds is 9. The zero-order valence-electron chi connectivity index (χ0n) is 23.0. The van der Waals surface area contributed by atoms with E-state index in [2.05, 4.69) is 25.0 Å². The molecule has 222 valence electrons. The molecule has 4 aromatic rings. The Kier molecular flexibility index (Phi) is 8.30. The molecule has 0 saturated carbocycles. The second-order valence-electron chi connectivity index (χ2n) is 9.77. The number of anilines is 2. The smallest absolute Gasteiger partial charge is 0.264 e. The minimum Gasteiger partial charge on any atom is -0.480 e. The number of carbonyl (C=O) groups is 2. The number of carbonyl (C=O) groups excluding carboxylic acids is 2. The Bertz CT molecular complexity index is 1870. The predicted octanol–water partition coefficient (Wildman–Crippen LogP) is 3.94. The molecule has 11 nitrogen and oxygen atoms in total. The van der Waals surface area contributed by atoms with Gasteiger partial charge in [0.15, 0.2) is 5.78 Å². The number of hydrogen-bond donors (Lipinski definition) is 2. The maximum absolute atomic E-state index is 14.3. The summed E-state index contributed by atoms with van der Waals surface area (Å²) >= 11 is 0. The number of ketones is 1. The van der Waals surface area contributed by atoms with Gasteiger partial charge in [-0.05, 0) is 55.3 Å². The topological polar surface area (TPSA) is 143 Å². The van der Waals surface area contributed by atoms with E-state index in [-0.39, 0.29) is 29.3 Å². The zero-order chi connectivity index (χ0) is 30.7. The van der Waals surface area contributed by atoms with Crippen LogP contribution in [-0.2, 0) is 19.6 Å². The molecule has 0 bridgehead atoms. The fourth-order valence-corrected chi connectivity index (χ4v) is 5.76. The lowest BCUT2D eigenvalue weighted by Crippen LogP contribution is -2.30. The number of aromatic nitrogens is 3. The van der Waals surface area contributed by atoms with Crippen molar-refractivity contribution in [2.24, 2.45) is 0 Å². The quantitative estimate of drug-likeness (QED) is 0.270. The number of ether oxygens (including phenoxy) is 1. The molecule has 1 unspecified atom stereocenters. The van der Waals surface area contributed by atoms with Gasteiger partial charge in [0.2, 0.25) is 11.8 Å². The molecular formula is C29H26F2N6O5S. The second kappa shape index (κ2) is 12.1. The first-order valence-corrected chi connectivity index (χ1v) is 14.5. The summed E-state index contributed by atoms with van der Waals surface area (Å²) in [5, 5.41) is 4.05. The number of hydrogen-bond acceptors (Lipinski definition) is 9. The lowest BCUT2D eigenvalue weighted by atomic mass is 10.0. The summed E-state index contributed by atoms with van der Waals surface area (Å²) in [6.07, 6.45) is 6.10. The normalized spacial score (nSPS) is 15.2. The molecule has 0 radical (unpaired) electrons. The summed E-state index contributed by atoms with van der Waals surface area (Å²) in [4.78, 5) is 37.4. The SMILES string of the molecule is COc1ncc(-c2ccc3ncnc(NC4CCN(C(=O)/C=C/C(C)=O)C4)c3c2)cc1NS(=O)(=O)c1ccc(F)cc1F. The average molecular weight is 609 g/mol. The van der Waals surface area contributed by atoms with Gasteiger partial charge < -0.3 is 15.0 Å². The van der Waals surface area contributed by atoms with Crippen molar-refractivity contribution in [3.05, 3.63) is 78.8 Å². The number of fused-ring (bicyclic) bond motifs is 1. The van der Waals surface area contributed by atoms with Crippen LogP contribution in [0.5, 0.6) is 5.88 Å². The number of pyridine rings is 1. The molecular weight excluding hydrogens is 582 g/mol. The Morgan fingerprint density at radius 1 is 1.05 bits per heavy atom. The number of likely N-dealkylation sites (tertiary alicyclic amines) is 1. The van der Waals surface area contributed by atoms with Gasteiger partial charge in [0.25, 0.3) is 10.0 Å². The van der Waals surface area contributed by atoms with E-state index in [1.165, 1.54) is 44.8 Å². The van der Waals surface area contributed by atoms with Gasteiger partial charge in [0.05, 0.1) is 12.6 Å². The molecule has 1 aliphatic heterocycles. The number of amides is 1. The molecule has 1 saturated heterocycles. The molecule has 0 spiro atoms. The molecule has 5 rings (SSSR count). The summed E-state index contributed by atoms with van der Waals surface area (Å²) in [5.41, 5.74) is 1.74. The first-order chi connectivity index (χ1) is 20.5. The van der Waals surface area contributed by atoms with Gasteiger partial charge in [-0.2, -0.15) is 0 Å². The van der Waals surface area contributed by atoms with Crippen LogP contribution in [0.4, 0.5) is 20.3 Å². The van der Waals surface area contributed by atoms with Gasteiger partial charge in [-0.3, -0.25) is 14.3 Å². The van der Waals surface area contributed by atoms with Gasteiger partial charge in [0, 0.05) is 48.4 Å². The lowest BCUT2D eigenvalue weighted by molar-refractivity contribution is -0.125. The van der Waals surface area contributed by atoms with Crippen LogP contribution in [0.15, 0.2) is 72.0 Å². The van der Waals surface area contributed by atoms with Crippen LogP contribution >= 0.6 is 0 Å². The molecule has 14 heteroatoms. The van der Waals surface area contributed by atoms with Crippen LogP contribution in [-0.4, -0.2) is 66.2 Å². The number of sulfonamides is 1. The van der Waals surface area contributed by atoms with E-state index in [1.54, 1.807) is 17.0 Å². The van der Waals surface area contributed by atoms with E-state index in [0.29, 0.717) is 53.4 Å². The summed E-state index contributed by atoms with van der Waals surface area (Å²) in [6, 6.07) is 8.91. The Hall–Kier alpha value is -4.98. The lowest BCUT2D eigenvalue weighted by Gasteiger charge is -2.17. The largest absolute Gasteiger partial charge is 0.480 e. The molecule has 0 aliphatic carbocycles. The third kappa shape index (κ3) is 6.59. The zero-order valence-corrected chi connectivity index (χ0v) is 23.9. The number of benzene rings is 2. The van der Waals surface area contributed by atoms with Gasteiger partial charge in [-0.1, -0.05) is 6.07 Å². The van der Waals surface area contributed by atoms with Crippen LogP contribution in [0, 0.1) is 11.6 Å². The minimum absolute atomic E-state index is 0.0546. The van der Waals surface area contributed by atoms with Crippen LogP contribution < -0.4 is 14.8 Å². The van der Waals surface area contributed by atoms with Gasteiger partial charge in [-0.25, -0.2) is 32.2 Å². The van der Waals surface area contributed by atoms with Crippen molar-refractivity contribution in [1.29, 1.82) is 0 Å². The van der Waals surface area contributed by atoms with Gasteiger partial charge in [0.1, 0.15) is 34.4 Å². The van der Waals surface area contributed by atoms with E-state index in [1.807, 2.05) is 6.07 Å². The van der Waals surface area contributed by atoms with Crippen LogP contribution in [0.1, 0.15) is 13.3 Å². The van der Waals surface area contributed by atoms with Crippen LogP contribution in [0.25, 0.3) is 22.0 Å². The Balaban J connectivity index is 1.42. The molecule has 43 heavy (non-hydrogen) atoms. The van der Waals surface area contributed by atoms with E-state index in [0.717, 1.165) is 12.1 Å². The highest BCUT2D eigenvalue weighted by Crippen LogP contribution is 2.33. The Morgan fingerprint density at radius 2 is 1.86 bits per heavy atom. The first-order valence-electron chi connectivity index (χ1n) is 13.0. The summed E-state index contributed by atoms with van der Waals surface area (Å²) < 4.78 is 61.0. The Labute approximate surface area is 245 Å². The highest BCUT2D eigenvalue weighted by molar-refractivity contribution is 7.92. The number of nitrogens with zero attached hydrogens (tertiary/aromatic N) is 4. The van der Waals surface area contributed by atoms with Crippen molar-refractivity contribution in [3.63, 3.8) is 0 Å². The second-order valence-corrected chi connectivity index (χ2v) is 11.4. The third-order valence-corrected chi connectivity index (χ3v) is 8.14. The van der Waals surface area contributed by atoms with Crippen LogP contribution in [0.3, 0.4) is 0 Å². The highest BCUT2D eigenvalue weighted by Gasteiger charge is 2.26. The number of methoxy groups -OCH3 is 1. The van der Waals surface area contributed by atoms with Crippen molar-refractivity contribution in [2.75, 3.05) is 30.2 Å². The molecule has 1 atom stereocenters. The van der Waals surface area contributed by atoms with Crippen molar-refractivity contribution < 1.29 is 31.5 Å². The van der Waals surface area contributed by atoms with E-state index in [9.17, 15) is 26.8 Å². The van der Waals surface area contributed by atoms with E-state index in [4.69, 9.17) is 4.74 Å². The molecule has 2 aromatic heterocycles. The standard InChI is InChI=1S/C29H26F2N6O5S/c1-17(38)3-8-27(39)37-10-9-21(15-37)35-28-22-11-18(4-6-24(22)33-16-34-28)19-12-25(29(42-2)32-14-19)36-43(40,41)26-7-5-20(30)13-23(26)31/h3-8,11-14,16,21,36H,9-10,15H2,1-2H3,(H,33,34,35)/b8-3+. The molecule has 2 N–H and O–H groups in total. The van der Waals surface area contributed by atoms with Crippen molar-refractivity contribution in [3.8, 4) is 17.0 Å². The molecule has 3 heterocycles. The minimum atomic E-state index is -4.46. The fourth-order valence-electron chi connectivity index (χ4n) is 4.66. The van der Waals surface area contributed by atoms with Gasteiger partial charge in [-0.15, -0.1) is 0 Å². The third-order valence-electron chi connectivity index (χ3n) is 6.74. The number of halogens is 2. The van der Waals surface area contributed by atoms with Crippen molar-refractivity contribution in [1.82, 2.24) is 19.9 Å².